The van der Waals surface area contributed by atoms with Crippen LogP contribution < -0.4 is 14.8 Å². The Morgan fingerprint density at radius 1 is 1.03 bits per heavy atom. The number of rotatable bonds is 9. The second-order valence-electron chi connectivity index (χ2n) is 6.22. The lowest BCUT2D eigenvalue weighted by Crippen LogP contribution is -2.12. The van der Waals surface area contributed by atoms with Gasteiger partial charge in [0.2, 0.25) is 11.7 Å². The molecule has 0 aliphatic carbocycles. The fraction of sp³-hybridized carbons (Fsp3) is 0.286. The molecule has 0 atom stereocenters. The summed E-state index contributed by atoms with van der Waals surface area (Å²) in [6.07, 6.45) is 1.06. The molecule has 0 aliphatic rings. The van der Waals surface area contributed by atoms with Crippen LogP contribution in [0.4, 0.5) is 5.69 Å². The predicted octanol–water partition coefficient (Wildman–Crippen LogP) is 3.79. The highest BCUT2D eigenvalue weighted by atomic mass is 16.5. The molecule has 2 aromatic carbocycles. The molecule has 1 aromatic heterocycles. The average molecular weight is 397 g/mol. The highest BCUT2D eigenvalue weighted by Crippen LogP contribution is 2.32. The van der Waals surface area contributed by atoms with E-state index < -0.39 is 0 Å². The van der Waals surface area contributed by atoms with E-state index in [4.69, 9.17) is 18.7 Å². The molecule has 3 aromatic rings. The molecule has 1 N–H and O–H groups in total. The largest absolute Gasteiger partial charge is 0.493 e. The van der Waals surface area contributed by atoms with E-state index in [2.05, 4.69) is 15.5 Å². The molecule has 0 radical (unpaired) electrons. The molecule has 0 bridgehead atoms. The van der Waals surface area contributed by atoms with Gasteiger partial charge in [0, 0.05) is 37.0 Å². The number of anilines is 1. The molecule has 0 saturated carbocycles. The molecule has 0 fully saturated rings. The number of methoxy groups -OCH3 is 3. The summed E-state index contributed by atoms with van der Waals surface area (Å²) in [5, 5.41) is 6.92. The van der Waals surface area contributed by atoms with E-state index in [1.165, 1.54) is 0 Å². The lowest BCUT2D eigenvalue weighted by molar-refractivity contribution is -0.116. The Morgan fingerprint density at radius 3 is 2.62 bits per heavy atom. The Bertz CT molecular complexity index is 970. The van der Waals surface area contributed by atoms with Gasteiger partial charge in [-0.25, -0.2) is 0 Å². The zero-order valence-electron chi connectivity index (χ0n) is 16.6. The van der Waals surface area contributed by atoms with Crippen LogP contribution in [0.15, 0.2) is 47.0 Å². The van der Waals surface area contributed by atoms with Gasteiger partial charge < -0.3 is 24.1 Å². The second kappa shape index (κ2) is 9.70. The Hall–Kier alpha value is -3.39. The summed E-state index contributed by atoms with van der Waals surface area (Å²) in [6, 6.07) is 12.7. The number of carbonyl (C=O) groups is 1. The molecule has 1 amide bonds. The molecule has 0 aliphatic heterocycles. The van der Waals surface area contributed by atoms with Crippen molar-refractivity contribution < 1.29 is 23.5 Å². The topological polar surface area (TPSA) is 95.7 Å². The van der Waals surface area contributed by atoms with E-state index in [1.807, 2.05) is 24.3 Å². The van der Waals surface area contributed by atoms with Crippen molar-refractivity contribution in [2.24, 2.45) is 0 Å². The van der Waals surface area contributed by atoms with Crippen LogP contribution in [0, 0.1) is 0 Å². The van der Waals surface area contributed by atoms with Crippen molar-refractivity contribution in [1.82, 2.24) is 10.1 Å². The van der Waals surface area contributed by atoms with Gasteiger partial charge in [0.1, 0.15) is 0 Å². The molecule has 0 spiro atoms. The molecular weight excluding hydrogens is 374 g/mol. The van der Waals surface area contributed by atoms with Crippen molar-refractivity contribution in [2.45, 2.75) is 12.8 Å². The Kier molecular flexibility index (Phi) is 6.80. The van der Waals surface area contributed by atoms with Crippen LogP contribution in [-0.2, 0) is 9.53 Å². The number of hydrogen-bond donors (Lipinski definition) is 1. The molecular formula is C21H23N3O5. The number of ether oxygens (including phenoxy) is 3. The first kappa shape index (κ1) is 20.3. The van der Waals surface area contributed by atoms with Crippen molar-refractivity contribution in [3.05, 3.63) is 42.5 Å². The molecule has 152 valence electrons. The Balaban J connectivity index is 1.76. The zero-order chi connectivity index (χ0) is 20.6. The van der Waals surface area contributed by atoms with Gasteiger partial charge in [-0.05, 0) is 36.8 Å². The van der Waals surface area contributed by atoms with Gasteiger partial charge in [-0.15, -0.1) is 0 Å². The summed E-state index contributed by atoms with van der Waals surface area (Å²) in [6.45, 7) is 0.551. The fourth-order valence-electron chi connectivity index (χ4n) is 2.76. The minimum Gasteiger partial charge on any atom is -0.493 e. The third kappa shape index (κ3) is 5.11. The average Bonchev–Trinajstić information content (AvgIpc) is 3.24. The molecule has 3 rings (SSSR count). The van der Waals surface area contributed by atoms with Crippen molar-refractivity contribution in [2.75, 3.05) is 33.3 Å². The van der Waals surface area contributed by atoms with Crippen molar-refractivity contribution >= 4 is 11.6 Å². The lowest BCUT2D eigenvalue weighted by atomic mass is 10.1. The third-order valence-electron chi connectivity index (χ3n) is 4.21. The van der Waals surface area contributed by atoms with Crippen LogP contribution in [0.3, 0.4) is 0 Å². The van der Waals surface area contributed by atoms with Gasteiger partial charge in [-0.3, -0.25) is 4.79 Å². The Labute approximate surface area is 168 Å². The summed E-state index contributed by atoms with van der Waals surface area (Å²) in [4.78, 5) is 16.5. The standard InChI is InChI=1S/C21H23N3O5/c1-26-11-5-8-19(25)22-16-7-4-6-14(12-16)20-23-21(29-24-20)15-9-10-17(27-2)18(13-15)28-3/h4,6-7,9-10,12-13H,5,8,11H2,1-3H3,(H,22,25). The van der Waals surface area contributed by atoms with Crippen LogP contribution in [0.2, 0.25) is 0 Å². The molecule has 8 heteroatoms. The molecule has 0 saturated heterocycles. The molecule has 0 unspecified atom stereocenters. The normalized spacial score (nSPS) is 10.6. The van der Waals surface area contributed by atoms with Crippen LogP contribution in [0.1, 0.15) is 12.8 Å². The third-order valence-corrected chi connectivity index (χ3v) is 4.21. The van der Waals surface area contributed by atoms with Gasteiger partial charge in [0.15, 0.2) is 11.5 Å². The van der Waals surface area contributed by atoms with Crippen LogP contribution in [0.5, 0.6) is 11.5 Å². The van der Waals surface area contributed by atoms with Crippen LogP contribution >= 0.6 is 0 Å². The van der Waals surface area contributed by atoms with Gasteiger partial charge in [-0.2, -0.15) is 4.98 Å². The second-order valence-corrected chi connectivity index (χ2v) is 6.22. The maximum Gasteiger partial charge on any atom is 0.258 e. The number of carbonyl (C=O) groups excluding carboxylic acids is 1. The van der Waals surface area contributed by atoms with E-state index >= 15 is 0 Å². The van der Waals surface area contributed by atoms with Gasteiger partial charge in [0.25, 0.3) is 5.89 Å². The smallest absolute Gasteiger partial charge is 0.258 e. The van der Waals surface area contributed by atoms with Crippen molar-refractivity contribution in [1.29, 1.82) is 0 Å². The SMILES string of the molecule is COCCCC(=O)Nc1cccc(-c2noc(-c3ccc(OC)c(OC)c3)n2)c1. The minimum atomic E-state index is -0.0710. The highest BCUT2D eigenvalue weighted by Gasteiger charge is 2.14. The zero-order valence-corrected chi connectivity index (χ0v) is 16.6. The van der Waals surface area contributed by atoms with Crippen molar-refractivity contribution in [3.63, 3.8) is 0 Å². The Morgan fingerprint density at radius 2 is 1.86 bits per heavy atom. The van der Waals surface area contributed by atoms with Gasteiger partial charge >= 0.3 is 0 Å². The summed E-state index contributed by atoms with van der Waals surface area (Å²) < 4.78 is 20.9. The fourth-order valence-corrected chi connectivity index (χ4v) is 2.76. The molecule has 1 heterocycles. The van der Waals surface area contributed by atoms with E-state index in [-0.39, 0.29) is 5.91 Å². The van der Waals surface area contributed by atoms with Gasteiger partial charge in [-0.1, -0.05) is 17.3 Å². The predicted molar refractivity (Wildman–Crippen MR) is 108 cm³/mol. The summed E-state index contributed by atoms with van der Waals surface area (Å²) >= 11 is 0. The number of hydrogen-bond acceptors (Lipinski definition) is 7. The van der Waals surface area contributed by atoms with Crippen LogP contribution in [-0.4, -0.2) is 44.0 Å². The van der Waals surface area contributed by atoms with Crippen LogP contribution in [0.25, 0.3) is 22.8 Å². The molecule has 8 nitrogen and oxygen atoms in total. The lowest BCUT2D eigenvalue weighted by Gasteiger charge is -2.07. The summed E-state index contributed by atoms with van der Waals surface area (Å²) in [5.41, 5.74) is 2.11. The van der Waals surface area contributed by atoms with Gasteiger partial charge in [0.05, 0.1) is 14.2 Å². The minimum absolute atomic E-state index is 0.0710. The first-order valence-corrected chi connectivity index (χ1v) is 9.10. The van der Waals surface area contributed by atoms with E-state index in [0.29, 0.717) is 53.9 Å². The van der Waals surface area contributed by atoms with E-state index in [0.717, 1.165) is 5.56 Å². The number of benzene rings is 2. The maximum atomic E-state index is 12.0. The van der Waals surface area contributed by atoms with E-state index in [9.17, 15) is 4.79 Å². The highest BCUT2D eigenvalue weighted by molar-refractivity contribution is 5.91. The monoisotopic (exact) mass is 397 g/mol. The first-order chi connectivity index (χ1) is 14.1. The number of nitrogens with zero attached hydrogens (tertiary/aromatic N) is 2. The van der Waals surface area contributed by atoms with Crippen molar-refractivity contribution in [3.8, 4) is 34.3 Å². The van der Waals surface area contributed by atoms with E-state index in [1.54, 1.807) is 39.5 Å². The summed E-state index contributed by atoms with van der Waals surface area (Å²) in [5.74, 6) is 1.89. The quantitative estimate of drug-likeness (QED) is 0.549. The number of aromatic nitrogens is 2. The summed E-state index contributed by atoms with van der Waals surface area (Å²) in [7, 11) is 4.75. The first-order valence-electron chi connectivity index (χ1n) is 9.10. The number of amides is 1. The maximum absolute atomic E-state index is 12.0. The molecule has 29 heavy (non-hydrogen) atoms. The number of nitrogens with one attached hydrogen (secondary N) is 1.